The van der Waals surface area contributed by atoms with Gasteiger partial charge in [-0.15, -0.1) is 0 Å². The maximum Gasteiger partial charge on any atom is 0.112 e. The summed E-state index contributed by atoms with van der Waals surface area (Å²) in [7, 11) is 0. The molecule has 0 spiro atoms. The lowest BCUT2D eigenvalue weighted by Crippen LogP contribution is -2.24. The minimum atomic E-state index is -0.854. The Hall–Kier alpha value is -0.110. The van der Waals surface area contributed by atoms with Crippen molar-refractivity contribution in [2.75, 3.05) is 13.1 Å². The maximum atomic E-state index is 14.4. The molecule has 1 rings (SSSR count). The second-order valence-corrected chi connectivity index (χ2v) is 5.63. The van der Waals surface area contributed by atoms with Crippen LogP contribution in [-0.4, -0.2) is 18.8 Å². The van der Waals surface area contributed by atoms with Crippen LogP contribution in [0.15, 0.2) is 0 Å². The maximum absolute atomic E-state index is 14.4. The molecule has 0 aromatic heterocycles. The van der Waals surface area contributed by atoms with Gasteiger partial charge in [0.1, 0.15) is 5.67 Å². The normalized spacial score (nSPS) is 25.8. The van der Waals surface area contributed by atoms with Crippen LogP contribution >= 0.6 is 0 Å². The molecule has 0 aromatic carbocycles. The highest BCUT2D eigenvalue weighted by molar-refractivity contribution is 4.82. The highest BCUT2D eigenvalue weighted by Crippen LogP contribution is 2.30. The Morgan fingerprint density at radius 2 is 1.65 bits per heavy atom. The molecule has 1 unspecified atom stereocenters. The molecule has 102 valence electrons. The van der Waals surface area contributed by atoms with Crippen LogP contribution in [0.1, 0.15) is 77.6 Å². The summed E-state index contributed by atoms with van der Waals surface area (Å²) in [5.74, 6) is 0. The van der Waals surface area contributed by atoms with Crippen LogP contribution < -0.4 is 5.32 Å². The van der Waals surface area contributed by atoms with Crippen LogP contribution in [0.5, 0.6) is 0 Å². The van der Waals surface area contributed by atoms with Crippen molar-refractivity contribution < 1.29 is 4.39 Å². The van der Waals surface area contributed by atoms with Crippen LogP contribution in [0, 0.1) is 0 Å². The summed E-state index contributed by atoms with van der Waals surface area (Å²) in [5.41, 5.74) is -0.854. The lowest BCUT2D eigenvalue weighted by atomic mass is 9.90. The Labute approximate surface area is 107 Å². The Morgan fingerprint density at radius 1 is 0.941 bits per heavy atom. The van der Waals surface area contributed by atoms with Crippen LogP contribution in [0.2, 0.25) is 0 Å². The highest BCUT2D eigenvalue weighted by atomic mass is 19.1. The zero-order valence-electron chi connectivity index (χ0n) is 11.6. The number of hydrogen-bond donors (Lipinski definition) is 1. The summed E-state index contributed by atoms with van der Waals surface area (Å²) in [6.45, 7) is 4.11. The third-order valence-corrected chi connectivity index (χ3v) is 3.96. The van der Waals surface area contributed by atoms with E-state index in [1.54, 1.807) is 0 Å². The summed E-state index contributed by atoms with van der Waals surface area (Å²) < 4.78 is 14.4. The van der Waals surface area contributed by atoms with Gasteiger partial charge in [0, 0.05) is 0 Å². The fourth-order valence-electron chi connectivity index (χ4n) is 2.74. The molecule has 2 heteroatoms. The van der Waals surface area contributed by atoms with Crippen molar-refractivity contribution >= 4 is 0 Å². The second-order valence-electron chi connectivity index (χ2n) is 5.63. The van der Waals surface area contributed by atoms with E-state index >= 15 is 0 Å². The molecule has 1 fully saturated rings. The fraction of sp³-hybridized carbons (Fsp3) is 1.00. The first kappa shape index (κ1) is 14.9. The molecule has 17 heavy (non-hydrogen) atoms. The van der Waals surface area contributed by atoms with E-state index < -0.39 is 5.67 Å². The van der Waals surface area contributed by atoms with Gasteiger partial charge in [-0.3, -0.25) is 0 Å². The zero-order valence-corrected chi connectivity index (χ0v) is 11.6. The first-order valence-electron chi connectivity index (χ1n) is 7.66. The van der Waals surface area contributed by atoms with Gasteiger partial charge < -0.3 is 5.32 Å². The Morgan fingerprint density at radius 3 is 2.41 bits per heavy atom. The van der Waals surface area contributed by atoms with Gasteiger partial charge in [-0.25, -0.2) is 4.39 Å². The van der Waals surface area contributed by atoms with E-state index in [4.69, 9.17) is 0 Å². The summed E-state index contributed by atoms with van der Waals surface area (Å²) in [5, 5.41) is 3.29. The molecule has 0 amide bonds. The molecule has 0 aliphatic carbocycles. The van der Waals surface area contributed by atoms with Crippen LogP contribution in [0.4, 0.5) is 4.39 Å². The van der Waals surface area contributed by atoms with Crippen molar-refractivity contribution in [3.8, 4) is 0 Å². The summed E-state index contributed by atoms with van der Waals surface area (Å²) in [6, 6.07) is 0. The van der Waals surface area contributed by atoms with E-state index in [1.807, 2.05) is 0 Å². The summed E-state index contributed by atoms with van der Waals surface area (Å²) in [4.78, 5) is 0. The van der Waals surface area contributed by atoms with Crippen LogP contribution in [-0.2, 0) is 0 Å². The molecule has 1 aliphatic rings. The number of unbranched alkanes of at least 4 members (excludes halogenated alkanes) is 6. The van der Waals surface area contributed by atoms with Crippen molar-refractivity contribution in [3.05, 3.63) is 0 Å². The summed E-state index contributed by atoms with van der Waals surface area (Å²) in [6.07, 6.45) is 12.3. The molecule has 1 N–H and O–H groups in total. The average Bonchev–Trinajstić information content (AvgIpc) is 2.53. The van der Waals surface area contributed by atoms with E-state index in [0.29, 0.717) is 0 Å². The number of halogens is 1. The second kappa shape index (κ2) is 8.91. The molecule has 1 heterocycles. The molecule has 1 nitrogen and oxygen atoms in total. The Kier molecular flexibility index (Phi) is 7.83. The Balaban J connectivity index is 2.00. The van der Waals surface area contributed by atoms with Crippen molar-refractivity contribution in [1.29, 1.82) is 0 Å². The zero-order chi connectivity index (χ0) is 12.4. The van der Waals surface area contributed by atoms with Crippen LogP contribution in [0.3, 0.4) is 0 Å². The lowest BCUT2D eigenvalue weighted by Gasteiger charge is -2.23. The van der Waals surface area contributed by atoms with Gasteiger partial charge >= 0.3 is 0 Å². The van der Waals surface area contributed by atoms with Gasteiger partial charge in [0.15, 0.2) is 0 Å². The quantitative estimate of drug-likeness (QED) is 0.614. The van der Waals surface area contributed by atoms with E-state index in [1.165, 1.54) is 38.5 Å². The van der Waals surface area contributed by atoms with Gasteiger partial charge in [-0.05, 0) is 38.8 Å². The van der Waals surface area contributed by atoms with E-state index in [0.717, 1.165) is 45.2 Å². The van der Waals surface area contributed by atoms with E-state index in [9.17, 15) is 4.39 Å². The minimum Gasteiger partial charge on any atom is -0.317 e. The van der Waals surface area contributed by atoms with Gasteiger partial charge in [-0.2, -0.15) is 0 Å². The van der Waals surface area contributed by atoms with Crippen molar-refractivity contribution in [1.82, 2.24) is 5.32 Å². The smallest absolute Gasteiger partial charge is 0.112 e. The van der Waals surface area contributed by atoms with Gasteiger partial charge in [0.25, 0.3) is 0 Å². The molecule has 0 saturated carbocycles. The third-order valence-electron chi connectivity index (χ3n) is 3.96. The van der Waals surface area contributed by atoms with E-state index in [2.05, 4.69) is 12.2 Å². The minimum absolute atomic E-state index is 0.725. The van der Waals surface area contributed by atoms with Gasteiger partial charge in [0.05, 0.1) is 0 Å². The highest BCUT2D eigenvalue weighted by Gasteiger charge is 2.29. The monoisotopic (exact) mass is 243 g/mol. The largest absolute Gasteiger partial charge is 0.317 e. The van der Waals surface area contributed by atoms with Gasteiger partial charge in [-0.1, -0.05) is 51.9 Å². The molecule has 1 saturated heterocycles. The number of rotatable bonds is 8. The van der Waals surface area contributed by atoms with E-state index in [-0.39, 0.29) is 0 Å². The first-order chi connectivity index (χ1) is 8.27. The molecule has 1 aliphatic heterocycles. The lowest BCUT2D eigenvalue weighted by molar-refractivity contribution is 0.127. The van der Waals surface area contributed by atoms with Crippen molar-refractivity contribution in [3.63, 3.8) is 0 Å². The van der Waals surface area contributed by atoms with Crippen molar-refractivity contribution in [2.24, 2.45) is 0 Å². The SMILES string of the molecule is CCCCCCCCCC1(F)CCCNCC1. The first-order valence-corrected chi connectivity index (χ1v) is 7.66. The average molecular weight is 243 g/mol. The molecule has 0 aromatic rings. The standard InChI is InChI=1S/C15H30FN/c1-2-3-4-5-6-7-8-10-15(16)11-9-13-17-14-12-15/h17H,2-14H2,1H3. The molecule has 0 radical (unpaired) electrons. The summed E-state index contributed by atoms with van der Waals surface area (Å²) >= 11 is 0. The third kappa shape index (κ3) is 7.03. The fourth-order valence-corrected chi connectivity index (χ4v) is 2.74. The predicted molar refractivity (Wildman–Crippen MR) is 73.2 cm³/mol. The number of nitrogens with one attached hydrogen (secondary N) is 1. The number of alkyl halides is 1. The molecular formula is C15H30FN. The Bertz CT molecular complexity index is 174. The number of hydrogen-bond acceptors (Lipinski definition) is 1. The van der Waals surface area contributed by atoms with Crippen molar-refractivity contribution in [2.45, 2.75) is 83.2 Å². The molecular weight excluding hydrogens is 213 g/mol. The molecule has 1 atom stereocenters. The predicted octanol–water partition coefficient (Wildman–Crippen LogP) is 4.61. The van der Waals surface area contributed by atoms with Gasteiger partial charge in [0.2, 0.25) is 0 Å². The topological polar surface area (TPSA) is 12.0 Å². The van der Waals surface area contributed by atoms with Crippen LogP contribution in [0.25, 0.3) is 0 Å². The molecule has 0 bridgehead atoms.